The molecule has 0 radical (unpaired) electrons. The number of rotatable bonds is 6. The van der Waals surface area contributed by atoms with E-state index in [9.17, 15) is 0 Å². The number of aromatic nitrogens is 2. The highest BCUT2D eigenvalue weighted by Crippen LogP contribution is 2.30. The smallest absolute Gasteiger partial charge is 0.202 e. The van der Waals surface area contributed by atoms with Crippen molar-refractivity contribution in [2.45, 2.75) is 52.1 Å². The number of imidazole rings is 1. The SMILES string of the molecule is COCCCn1ccnc1NC1CC(C)CC(C)C1. The Morgan fingerprint density at radius 1 is 1.32 bits per heavy atom. The Bertz CT molecular complexity index is 367. The molecule has 1 saturated carbocycles. The van der Waals surface area contributed by atoms with Crippen LogP contribution in [0.2, 0.25) is 0 Å². The Morgan fingerprint density at radius 3 is 2.74 bits per heavy atom. The minimum Gasteiger partial charge on any atom is -0.385 e. The van der Waals surface area contributed by atoms with E-state index in [-0.39, 0.29) is 0 Å². The third-order valence-electron chi connectivity index (χ3n) is 3.97. The second kappa shape index (κ2) is 6.94. The van der Waals surface area contributed by atoms with E-state index < -0.39 is 0 Å². The van der Waals surface area contributed by atoms with Crippen molar-refractivity contribution in [2.24, 2.45) is 11.8 Å². The zero-order chi connectivity index (χ0) is 13.7. The zero-order valence-electron chi connectivity index (χ0n) is 12.4. The Kier molecular flexibility index (Phi) is 5.25. The first kappa shape index (κ1) is 14.4. The molecule has 0 amide bonds. The average molecular weight is 265 g/mol. The third kappa shape index (κ3) is 4.23. The minimum atomic E-state index is 0.572. The topological polar surface area (TPSA) is 39.1 Å². The fourth-order valence-corrected chi connectivity index (χ4v) is 3.26. The van der Waals surface area contributed by atoms with Crippen LogP contribution in [-0.4, -0.2) is 29.3 Å². The van der Waals surface area contributed by atoms with E-state index in [1.165, 1.54) is 19.3 Å². The summed E-state index contributed by atoms with van der Waals surface area (Å²) in [5.41, 5.74) is 0. The van der Waals surface area contributed by atoms with Crippen LogP contribution in [0.25, 0.3) is 0 Å². The molecule has 4 nitrogen and oxygen atoms in total. The van der Waals surface area contributed by atoms with Gasteiger partial charge in [0.2, 0.25) is 5.95 Å². The van der Waals surface area contributed by atoms with Crippen molar-refractivity contribution in [3.05, 3.63) is 12.4 Å². The van der Waals surface area contributed by atoms with Gasteiger partial charge < -0.3 is 14.6 Å². The molecule has 0 spiro atoms. The highest BCUT2D eigenvalue weighted by atomic mass is 16.5. The number of hydrogen-bond donors (Lipinski definition) is 1. The maximum atomic E-state index is 5.10. The summed E-state index contributed by atoms with van der Waals surface area (Å²) in [6.07, 6.45) is 8.84. The molecule has 2 unspecified atom stereocenters. The number of nitrogens with zero attached hydrogens (tertiary/aromatic N) is 2. The second-order valence-electron chi connectivity index (χ2n) is 6.05. The molecule has 1 N–H and O–H groups in total. The summed E-state index contributed by atoms with van der Waals surface area (Å²) in [5.74, 6) is 2.65. The van der Waals surface area contributed by atoms with Crippen LogP contribution in [0.15, 0.2) is 12.4 Å². The molecule has 1 aromatic rings. The summed E-state index contributed by atoms with van der Waals surface area (Å²) in [6, 6.07) is 0.572. The fourth-order valence-electron chi connectivity index (χ4n) is 3.26. The summed E-state index contributed by atoms with van der Waals surface area (Å²) in [4.78, 5) is 4.45. The molecule has 1 aliphatic rings. The van der Waals surface area contributed by atoms with E-state index in [1.807, 2.05) is 12.4 Å². The number of nitrogens with one attached hydrogen (secondary N) is 1. The van der Waals surface area contributed by atoms with Crippen molar-refractivity contribution in [1.82, 2.24) is 9.55 Å². The normalized spacial score (nSPS) is 27.4. The monoisotopic (exact) mass is 265 g/mol. The molecule has 1 fully saturated rings. The van der Waals surface area contributed by atoms with Gasteiger partial charge in [0.05, 0.1) is 0 Å². The van der Waals surface area contributed by atoms with Gasteiger partial charge in [0.1, 0.15) is 0 Å². The number of hydrogen-bond acceptors (Lipinski definition) is 3. The largest absolute Gasteiger partial charge is 0.385 e. The van der Waals surface area contributed by atoms with Crippen molar-refractivity contribution in [3.63, 3.8) is 0 Å². The molecular weight excluding hydrogens is 238 g/mol. The zero-order valence-corrected chi connectivity index (χ0v) is 12.4. The molecule has 1 aliphatic carbocycles. The van der Waals surface area contributed by atoms with Crippen LogP contribution in [0.5, 0.6) is 0 Å². The summed E-state index contributed by atoms with van der Waals surface area (Å²) in [5, 5.41) is 3.63. The number of anilines is 1. The van der Waals surface area contributed by atoms with Gasteiger partial charge >= 0.3 is 0 Å². The molecule has 2 atom stereocenters. The standard InChI is InChI=1S/C15H27N3O/c1-12-9-13(2)11-14(10-12)17-15-16-5-7-18(15)6-4-8-19-3/h5,7,12-14H,4,6,8-11H2,1-3H3,(H,16,17). The van der Waals surface area contributed by atoms with E-state index in [1.54, 1.807) is 7.11 Å². The predicted molar refractivity (Wildman–Crippen MR) is 78.3 cm³/mol. The van der Waals surface area contributed by atoms with Gasteiger partial charge in [-0.25, -0.2) is 4.98 Å². The quantitative estimate of drug-likeness (QED) is 0.803. The maximum absolute atomic E-state index is 5.10. The maximum Gasteiger partial charge on any atom is 0.202 e. The molecule has 2 rings (SSSR count). The van der Waals surface area contributed by atoms with Crippen molar-refractivity contribution >= 4 is 5.95 Å². The van der Waals surface area contributed by atoms with Crippen molar-refractivity contribution < 1.29 is 4.74 Å². The van der Waals surface area contributed by atoms with Crippen LogP contribution < -0.4 is 5.32 Å². The molecule has 0 aliphatic heterocycles. The first-order valence-electron chi connectivity index (χ1n) is 7.45. The molecule has 19 heavy (non-hydrogen) atoms. The lowest BCUT2D eigenvalue weighted by atomic mass is 9.80. The molecule has 1 aromatic heterocycles. The lowest BCUT2D eigenvalue weighted by Crippen LogP contribution is -2.31. The summed E-state index contributed by atoms with van der Waals surface area (Å²) in [7, 11) is 1.75. The van der Waals surface area contributed by atoms with Gasteiger partial charge in [-0.05, 0) is 37.5 Å². The van der Waals surface area contributed by atoms with Crippen LogP contribution in [0.1, 0.15) is 39.5 Å². The highest BCUT2D eigenvalue weighted by molar-refractivity contribution is 5.27. The van der Waals surface area contributed by atoms with Gasteiger partial charge in [0.25, 0.3) is 0 Å². The lowest BCUT2D eigenvalue weighted by molar-refractivity contribution is 0.190. The minimum absolute atomic E-state index is 0.572. The van der Waals surface area contributed by atoms with Gasteiger partial charge in [-0.1, -0.05) is 13.8 Å². The Labute approximate surface area is 116 Å². The van der Waals surface area contributed by atoms with Crippen LogP contribution in [0, 0.1) is 11.8 Å². The Morgan fingerprint density at radius 2 is 2.05 bits per heavy atom. The second-order valence-corrected chi connectivity index (χ2v) is 6.05. The fraction of sp³-hybridized carbons (Fsp3) is 0.800. The van der Waals surface area contributed by atoms with Gasteiger partial charge in [0.15, 0.2) is 0 Å². The number of ether oxygens (including phenoxy) is 1. The van der Waals surface area contributed by atoms with E-state index in [0.29, 0.717) is 6.04 Å². The van der Waals surface area contributed by atoms with Crippen LogP contribution in [-0.2, 0) is 11.3 Å². The predicted octanol–water partition coefficient (Wildman–Crippen LogP) is 3.16. The molecular formula is C15H27N3O. The van der Waals surface area contributed by atoms with Gasteiger partial charge in [-0.2, -0.15) is 0 Å². The van der Waals surface area contributed by atoms with E-state index >= 15 is 0 Å². The first-order chi connectivity index (χ1) is 9.19. The van der Waals surface area contributed by atoms with Gasteiger partial charge in [0, 0.05) is 38.7 Å². The average Bonchev–Trinajstić information content (AvgIpc) is 2.76. The van der Waals surface area contributed by atoms with Gasteiger partial charge in [-0.3, -0.25) is 0 Å². The van der Waals surface area contributed by atoms with Crippen molar-refractivity contribution in [1.29, 1.82) is 0 Å². The Hall–Kier alpha value is -1.03. The molecule has 108 valence electrons. The summed E-state index contributed by atoms with van der Waals surface area (Å²) in [6.45, 7) is 6.48. The van der Waals surface area contributed by atoms with Gasteiger partial charge in [-0.15, -0.1) is 0 Å². The highest BCUT2D eigenvalue weighted by Gasteiger charge is 2.24. The molecule has 0 aromatic carbocycles. The van der Waals surface area contributed by atoms with Crippen LogP contribution in [0.3, 0.4) is 0 Å². The lowest BCUT2D eigenvalue weighted by Gasteiger charge is -2.32. The first-order valence-corrected chi connectivity index (χ1v) is 7.45. The van der Waals surface area contributed by atoms with E-state index in [2.05, 4.69) is 28.7 Å². The third-order valence-corrected chi connectivity index (χ3v) is 3.97. The van der Waals surface area contributed by atoms with Crippen LogP contribution >= 0.6 is 0 Å². The summed E-state index contributed by atoms with van der Waals surface area (Å²) < 4.78 is 7.30. The molecule has 1 heterocycles. The Balaban J connectivity index is 1.89. The van der Waals surface area contributed by atoms with E-state index in [4.69, 9.17) is 4.74 Å². The molecule has 4 heteroatoms. The summed E-state index contributed by atoms with van der Waals surface area (Å²) >= 11 is 0. The van der Waals surface area contributed by atoms with Crippen molar-refractivity contribution in [3.8, 4) is 0 Å². The molecule has 0 saturated heterocycles. The number of aryl methyl sites for hydroxylation is 1. The number of methoxy groups -OCH3 is 1. The van der Waals surface area contributed by atoms with E-state index in [0.717, 1.165) is 37.4 Å². The van der Waals surface area contributed by atoms with Crippen LogP contribution in [0.4, 0.5) is 5.95 Å². The molecule has 0 bridgehead atoms. The van der Waals surface area contributed by atoms with Crippen molar-refractivity contribution in [2.75, 3.05) is 19.0 Å².